The van der Waals surface area contributed by atoms with Crippen LogP contribution in [0.4, 0.5) is 4.79 Å². The summed E-state index contributed by atoms with van der Waals surface area (Å²) in [4.78, 5) is 29.1. The van der Waals surface area contributed by atoms with Crippen LogP contribution in [0.2, 0.25) is 0 Å². The summed E-state index contributed by atoms with van der Waals surface area (Å²) in [6.45, 7) is 7.82. The minimum atomic E-state index is -0.737. The van der Waals surface area contributed by atoms with Crippen LogP contribution in [0.5, 0.6) is 0 Å². The lowest BCUT2D eigenvalue weighted by Crippen LogP contribution is -2.33. The van der Waals surface area contributed by atoms with E-state index in [2.05, 4.69) is 25.4 Å². The van der Waals surface area contributed by atoms with Crippen molar-refractivity contribution in [2.75, 3.05) is 0 Å². The standard InChI is InChI=1S/C20H24N2O3/c1-4-9-15(3)18-17(12-13-21-18)19(23)22(5-2)20(24)25-14-16-10-7-6-8-11-16/h5-8,10-13,15,21H,2,4,9,14H2,1,3H3. The van der Waals surface area contributed by atoms with E-state index >= 15 is 0 Å². The average Bonchev–Trinajstić information content (AvgIpc) is 3.11. The molecule has 2 aromatic rings. The number of carbonyl (C=O) groups is 2. The molecule has 1 heterocycles. The van der Waals surface area contributed by atoms with Gasteiger partial charge in [-0.2, -0.15) is 0 Å². The summed E-state index contributed by atoms with van der Waals surface area (Å²) in [5, 5.41) is 0. The zero-order valence-corrected chi connectivity index (χ0v) is 14.7. The van der Waals surface area contributed by atoms with Gasteiger partial charge in [-0.1, -0.05) is 57.2 Å². The molecule has 0 saturated heterocycles. The zero-order valence-electron chi connectivity index (χ0n) is 14.7. The maximum Gasteiger partial charge on any atom is 0.421 e. The predicted octanol–water partition coefficient (Wildman–Crippen LogP) is 4.84. The van der Waals surface area contributed by atoms with Gasteiger partial charge in [0.25, 0.3) is 5.91 Å². The molecular formula is C20H24N2O3. The lowest BCUT2D eigenvalue weighted by atomic mass is 9.98. The van der Waals surface area contributed by atoms with Crippen molar-refractivity contribution < 1.29 is 14.3 Å². The first-order valence-electron chi connectivity index (χ1n) is 8.42. The summed E-state index contributed by atoms with van der Waals surface area (Å²) in [5.41, 5.74) is 2.15. The van der Waals surface area contributed by atoms with E-state index in [1.165, 1.54) is 6.20 Å². The minimum Gasteiger partial charge on any atom is -0.444 e. The molecular weight excluding hydrogens is 316 g/mol. The van der Waals surface area contributed by atoms with Gasteiger partial charge in [-0.15, -0.1) is 0 Å². The molecule has 5 nitrogen and oxygen atoms in total. The topological polar surface area (TPSA) is 62.4 Å². The first-order valence-corrected chi connectivity index (χ1v) is 8.42. The van der Waals surface area contributed by atoms with Crippen molar-refractivity contribution in [1.82, 2.24) is 9.88 Å². The van der Waals surface area contributed by atoms with Gasteiger partial charge in [-0.3, -0.25) is 4.79 Å². The SMILES string of the molecule is C=CN(C(=O)OCc1ccccc1)C(=O)c1cc[nH]c1C(C)CCC. The molecule has 0 aliphatic rings. The number of benzene rings is 1. The zero-order chi connectivity index (χ0) is 18.2. The number of ether oxygens (including phenoxy) is 1. The number of aromatic amines is 1. The van der Waals surface area contributed by atoms with Crippen molar-refractivity contribution in [2.45, 2.75) is 39.2 Å². The van der Waals surface area contributed by atoms with Gasteiger partial charge in [-0.25, -0.2) is 9.69 Å². The lowest BCUT2D eigenvalue weighted by molar-refractivity contribution is 0.0727. The third kappa shape index (κ3) is 4.59. The van der Waals surface area contributed by atoms with Gasteiger partial charge in [0.2, 0.25) is 0 Å². The van der Waals surface area contributed by atoms with E-state index in [0.29, 0.717) is 5.56 Å². The molecule has 25 heavy (non-hydrogen) atoms. The van der Waals surface area contributed by atoms with Gasteiger partial charge < -0.3 is 9.72 Å². The quantitative estimate of drug-likeness (QED) is 0.784. The van der Waals surface area contributed by atoms with E-state index in [9.17, 15) is 9.59 Å². The lowest BCUT2D eigenvalue weighted by Gasteiger charge is -2.18. The summed E-state index contributed by atoms with van der Waals surface area (Å²) >= 11 is 0. The fourth-order valence-corrected chi connectivity index (χ4v) is 2.71. The van der Waals surface area contributed by atoms with Gasteiger partial charge in [0.15, 0.2) is 0 Å². The maximum atomic E-state index is 12.8. The van der Waals surface area contributed by atoms with E-state index in [1.54, 1.807) is 12.3 Å². The van der Waals surface area contributed by atoms with E-state index in [4.69, 9.17) is 4.74 Å². The van der Waals surface area contributed by atoms with Gasteiger partial charge in [0.1, 0.15) is 6.61 Å². The van der Waals surface area contributed by atoms with E-state index in [1.807, 2.05) is 30.3 Å². The Hall–Kier alpha value is -2.82. The van der Waals surface area contributed by atoms with Gasteiger partial charge in [0.05, 0.1) is 5.56 Å². The number of hydrogen-bond donors (Lipinski definition) is 1. The molecule has 0 saturated carbocycles. The van der Waals surface area contributed by atoms with Crippen LogP contribution < -0.4 is 0 Å². The molecule has 0 spiro atoms. The highest BCUT2D eigenvalue weighted by Gasteiger charge is 2.26. The summed E-state index contributed by atoms with van der Waals surface area (Å²) in [6.07, 6.45) is 4.13. The molecule has 1 unspecified atom stereocenters. The summed E-state index contributed by atoms with van der Waals surface area (Å²) in [6, 6.07) is 11.0. The van der Waals surface area contributed by atoms with Gasteiger partial charge >= 0.3 is 6.09 Å². The van der Waals surface area contributed by atoms with Crippen molar-refractivity contribution >= 4 is 12.0 Å². The Labute approximate surface area is 148 Å². The number of carbonyl (C=O) groups excluding carboxylic acids is 2. The molecule has 1 aromatic heterocycles. The van der Waals surface area contributed by atoms with Crippen LogP contribution in [0, 0.1) is 0 Å². The average molecular weight is 340 g/mol. The number of rotatable bonds is 7. The Balaban J connectivity index is 2.09. The van der Waals surface area contributed by atoms with Crippen molar-refractivity contribution in [1.29, 1.82) is 0 Å². The highest BCUT2D eigenvalue weighted by atomic mass is 16.6. The summed E-state index contributed by atoms with van der Waals surface area (Å²) in [5.74, 6) is -0.238. The molecule has 0 aliphatic carbocycles. The van der Waals surface area contributed by atoms with Crippen LogP contribution in [-0.2, 0) is 11.3 Å². The van der Waals surface area contributed by atoms with Crippen LogP contribution in [0.1, 0.15) is 54.2 Å². The predicted molar refractivity (Wildman–Crippen MR) is 97.1 cm³/mol. The van der Waals surface area contributed by atoms with E-state index in [-0.39, 0.29) is 12.5 Å². The molecule has 132 valence electrons. The fourth-order valence-electron chi connectivity index (χ4n) is 2.71. The van der Waals surface area contributed by atoms with Crippen LogP contribution in [0.15, 0.2) is 55.4 Å². The highest BCUT2D eigenvalue weighted by molar-refractivity contribution is 6.04. The second kappa shape index (κ2) is 8.87. The molecule has 0 aliphatic heterocycles. The Kier molecular flexibility index (Phi) is 6.57. The molecule has 0 fully saturated rings. The Morgan fingerprint density at radius 2 is 2.00 bits per heavy atom. The first-order chi connectivity index (χ1) is 12.1. The largest absolute Gasteiger partial charge is 0.444 e. The molecule has 2 rings (SSSR count). The number of nitrogens with one attached hydrogen (secondary N) is 1. The Morgan fingerprint density at radius 3 is 2.64 bits per heavy atom. The molecule has 2 amide bonds. The van der Waals surface area contributed by atoms with Crippen LogP contribution in [0.3, 0.4) is 0 Å². The number of hydrogen-bond acceptors (Lipinski definition) is 3. The van der Waals surface area contributed by atoms with Gasteiger partial charge in [-0.05, 0) is 24.0 Å². The van der Waals surface area contributed by atoms with Crippen molar-refractivity contribution in [3.05, 3.63) is 72.2 Å². The van der Waals surface area contributed by atoms with Crippen LogP contribution in [0.25, 0.3) is 0 Å². The number of aromatic nitrogens is 1. The van der Waals surface area contributed by atoms with E-state index < -0.39 is 12.0 Å². The number of nitrogens with zero attached hydrogens (tertiary/aromatic N) is 1. The molecule has 1 atom stereocenters. The fraction of sp³-hybridized carbons (Fsp3) is 0.300. The number of H-pyrrole nitrogens is 1. The summed E-state index contributed by atoms with van der Waals surface area (Å²) < 4.78 is 5.23. The van der Waals surface area contributed by atoms with E-state index in [0.717, 1.165) is 29.0 Å². The van der Waals surface area contributed by atoms with Crippen molar-refractivity contribution in [3.8, 4) is 0 Å². The second-order valence-corrected chi connectivity index (χ2v) is 5.89. The summed E-state index contributed by atoms with van der Waals surface area (Å²) in [7, 11) is 0. The molecule has 1 N–H and O–H groups in total. The molecule has 5 heteroatoms. The first kappa shape index (κ1) is 18.5. The smallest absolute Gasteiger partial charge is 0.421 e. The number of amides is 2. The highest BCUT2D eigenvalue weighted by Crippen LogP contribution is 2.24. The van der Waals surface area contributed by atoms with Gasteiger partial charge in [0, 0.05) is 18.1 Å². The molecule has 1 aromatic carbocycles. The third-order valence-corrected chi connectivity index (χ3v) is 4.03. The third-order valence-electron chi connectivity index (χ3n) is 4.03. The minimum absolute atomic E-state index is 0.101. The number of imide groups is 1. The Bertz CT molecular complexity index is 722. The second-order valence-electron chi connectivity index (χ2n) is 5.89. The molecule has 0 bridgehead atoms. The van der Waals surface area contributed by atoms with Crippen LogP contribution >= 0.6 is 0 Å². The Morgan fingerprint density at radius 1 is 1.28 bits per heavy atom. The maximum absolute atomic E-state index is 12.8. The van der Waals surface area contributed by atoms with Crippen LogP contribution in [-0.4, -0.2) is 21.9 Å². The van der Waals surface area contributed by atoms with Crippen molar-refractivity contribution in [2.24, 2.45) is 0 Å². The van der Waals surface area contributed by atoms with Crippen molar-refractivity contribution in [3.63, 3.8) is 0 Å². The normalized spacial score (nSPS) is 11.6. The monoisotopic (exact) mass is 340 g/mol. The molecule has 0 radical (unpaired) electrons.